The fraction of sp³-hybridized carbons (Fsp3) is 0.875. The molecule has 1 aliphatic heterocycles. The number of piperazine rings is 1. The van der Waals surface area contributed by atoms with Gasteiger partial charge in [-0.3, -0.25) is 4.79 Å². The molecule has 2 atom stereocenters. The molecular weight excluding hydrogens is 172 g/mol. The van der Waals surface area contributed by atoms with Gasteiger partial charge in [0, 0.05) is 12.6 Å². The van der Waals surface area contributed by atoms with Crippen LogP contribution in [0.2, 0.25) is 0 Å². The zero-order valence-electron chi connectivity index (χ0n) is 7.59. The van der Waals surface area contributed by atoms with Crippen molar-refractivity contribution in [2.45, 2.75) is 25.4 Å². The van der Waals surface area contributed by atoms with Crippen molar-refractivity contribution in [1.82, 2.24) is 10.6 Å². The van der Waals surface area contributed by atoms with E-state index in [-0.39, 0.29) is 11.9 Å². The number of carbonyl (C=O) groups excluding carboxylic acids is 1. The van der Waals surface area contributed by atoms with E-state index in [2.05, 4.69) is 23.8 Å². The minimum Gasteiger partial charge on any atom is -0.353 e. The zero-order chi connectivity index (χ0) is 8.97. The number of thioether (sulfide) groups is 1. The molecule has 0 aromatic rings. The second-order valence-electron chi connectivity index (χ2n) is 3.15. The van der Waals surface area contributed by atoms with Crippen molar-refractivity contribution < 1.29 is 4.79 Å². The average Bonchev–Trinajstić information content (AvgIpc) is 2.07. The van der Waals surface area contributed by atoms with Gasteiger partial charge in [0.15, 0.2) is 0 Å². The van der Waals surface area contributed by atoms with E-state index < -0.39 is 0 Å². The maximum absolute atomic E-state index is 11.3. The Morgan fingerprint density at radius 3 is 3.08 bits per heavy atom. The third-order valence-electron chi connectivity index (χ3n) is 2.00. The Hall–Kier alpha value is -0.220. The van der Waals surface area contributed by atoms with Gasteiger partial charge >= 0.3 is 0 Å². The van der Waals surface area contributed by atoms with Crippen LogP contribution in [-0.2, 0) is 4.79 Å². The van der Waals surface area contributed by atoms with Gasteiger partial charge < -0.3 is 10.6 Å². The van der Waals surface area contributed by atoms with Gasteiger partial charge in [0.1, 0.15) is 0 Å². The Labute approximate surface area is 77.7 Å². The van der Waals surface area contributed by atoms with Gasteiger partial charge in [-0.25, -0.2) is 0 Å². The Bertz CT molecular complexity index is 163. The topological polar surface area (TPSA) is 41.1 Å². The average molecular weight is 188 g/mol. The van der Waals surface area contributed by atoms with Crippen LogP contribution in [0, 0.1) is 0 Å². The molecule has 0 saturated carbocycles. The molecule has 0 radical (unpaired) electrons. The molecule has 1 heterocycles. The first-order valence-corrected chi connectivity index (χ1v) is 5.66. The minimum atomic E-state index is 0.0289. The molecule has 3 nitrogen and oxygen atoms in total. The molecule has 4 heteroatoms. The third kappa shape index (κ3) is 2.68. The molecule has 0 aromatic carbocycles. The molecule has 70 valence electrons. The highest BCUT2D eigenvalue weighted by molar-refractivity contribution is 7.98. The molecule has 0 bridgehead atoms. The van der Waals surface area contributed by atoms with Crippen LogP contribution in [0.4, 0.5) is 0 Å². The van der Waals surface area contributed by atoms with Gasteiger partial charge in [-0.2, -0.15) is 11.8 Å². The Balaban J connectivity index is 2.33. The summed E-state index contributed by atoms with van der Waals surface area (Å²) in [5, 5.41) is 6.16. The molecule has 0 aromatic heterocycles. The van der Waals surface area contributed by atoms with Crippen molar-refractivity contribution in [2.75, 3.05) is 18.6 Å². The van der Waals surface area contributed by atoms with Gasteiger partial charge in [0.2, 0.25) is 5.91 Å². The van der Waals surface area contributed by atoms with Crippen molar-refractivity contribution in [2.24, 2.45) is 0 Å². The first kappa shape index (κ1) is 9.86. The smallest absolute Gasteiger partial charge is 0.237 e. The fourth-order valence-corrected chi connectivity index (χ4v) is 1.78. The highest BCUT2D eigenvalue weighted by atomic mass is 32.2. The van der Waals surface area contributed by atoms with E-state index in [9.17, 15) is 4.79 Å². The molecule has 0 aliphatic carbocycles. The molecular formula is C8H16N2OS. The molecule has 1 saturated heterocycles. The summed E-state index contributed by atoms with van der Waals surface area (Å²) in [6.07, 6.45) is 2.99. The van der Waals surface area contributed by atoms with Crippen molar-refractivity contribution in [3.8, 4) is 0 Å². The quantitative estimate of drug-likeness (QED) is 0.665. The van der Waals surface area contributed by atoms with Gasteiger partial charge in [0.25, 0.3) is 0 Å². The predicted octanol–water partition coefficient (Wildman–Crippen LogP) is 0.216. The first-order valence-electron chi connectivity index (χ1n) is 4.26. The SMILES string of the molecule is CSCC[C@H]1NC(C)CNC1=O. The van der Waals surface area contributed by atoms with Crippen LogP contribution in [0.15, 0.2) is 0 Å². The van der Waals surface area contributed by atoms with Crippen LogP contribution < -0.4 is 10.6 Å². The lowest BCUT2D eigenvalue weighted by atomic mass is 10.1. The first-order chi connectivity index (χ1) is 5.74. The lowest BCUT2D eigenvalue weighted by molar-refractivity contribution is -0.124. The minimum absolute atomic E-state index is 0.0289. The Kier molecular flexibility index (Phi) is 3.88. The van der Waals surface area contributed by atoms with Crippen LogP contribution in [0.25, 0.3) is 0 Å². The van der Waals surface area contributed by atoms with E-state index >= 15 is 0 Å². The predicted molar refractivity (Wildman–Crippen MR) is 52.4 cm³/mol. The van der Waals surface area contributed by atoms with E-state index in [1.165, 1.54) is 0 Å². The monoisotopic (exact) mass is 188 g/mol. The highest BCUT2D eigenvalue weighted by Crippen LogP contribution is 2.04. The number of carbonyl (C=O) groups is 1. The maximum Gasteiger partial charge on any atom is 0.237 e. The van der Waals surface area contributed by atoms with Crippen molar-refractivity contribution in [3.05, 3.63) is 0 Å². The summed E-state index contributed by atoms with van der Waals surface area (Å²) in [5.74, 6) is 1.19. The third-order valence-corrected chi connectivity index (χ3v) is 2.64. The van der Waals surface area contributed by atoms with Crippen LogP contribution in [0.1, 0.15) is 13.3 Å². The summed E-state index contributed by atoms with van der Waals surface area (Å²) >= 11 is 1.78. The van der Waals surface area contributed by atoms with E-state index in [1.54, 1.807) is 11.8 Å². The van der Waals surface area contributed by atoms with Crippen LogP contribution in [0.5, 0.6) is 0 Å². The molecule has 1 aliphatic rings. The molecule has 12 heavy (non-hydrogen) atoms. The number of amides is 1. The fourth-order valence-electron chi connectivity index (χ4n) is 1.31. The van der Waals surface area contributed by atoms with Gasteiger partial charge in [-0.05, 0) is 25.4 Å². The van der Waals surface area contributed by atoms with E-state index in [1.807, 2.05) is 0 Å². The highest BCUT2D eigenvalue weighted by Gasteiger charge is 2.24. The van der Waals surface area contributed by atoms with Crippen molar-refractivity contribution in [1.29, 1.82) is 0 Å². The van der Waals surface area contributed by atoms with Crippen LogP contribution >= 0.6 is 11.8 Å². The van der Waals surface area contributed by atoms with Gasteiger partial charge in [-0.1, -0.05) is 0 Å². The van der Waals surface area contributed by atoms with Crippen LogP contribution in [-0.4, -0.2) is 36.5 Å². The van der Waals surface area contributed by atoms with E-state index in [0.717, 1.165) is 18.7 Å². The molecule has 1 amide bonds. The Morgan fingerprint density at radius 2 is 2.42 bits per heavy atom. The molecule has 1 unspecified atom stereocenters. The summed E-state index contributed by atoms with van der Waals surface area (Å²) in [5.41, 5.74) is 0. The summed E-state index contributed by atoms with van der Waals surface area (Å²) in [7, 11) is 0. The summed E-state index contributed by atoms with van der Waals surface area (Å²) < 4.78 is 0. The van der Waals surface area contributed by atoms with Gasteiger partial charge in [0.05, 0.1) is 6.04 Å². The Morgan fingerprint density at radius 1 is 1.67 bits per heavy atom. The summed E-state index contributed by atoms with van der Waals surface area (Å²) in [4.78, 5) is 11.3. The van der Waals surface area contributed by atoms with Crippen LogP contribution in [0.3, 0.4) is 0 Å². The molecule has 0 spiro atoms. The summed E-state index contributed by atoms with van der Waals surface area (Å²) in [6.45, 7) is 2.85. The second kappa shape index (κ2) is 4.72. The standard InChI is InChI=1S/C8H16N2OS/c1-6-5-9-8(11)7(10-6)3-4-12-2/h6-7,10H,3-5H2,1-2H3,(H,9,11)/t6?,7-/m1/s1. The van der Waals surface area contributed by atoms with Crippen molar-refractivity contribution in [3.63, 3.8) is 0 Å². The normalized spacial score (nSPS) is 30.0. The largest absolute Gasteiger partial charge is 0.353 e. The van der Waals surface area contributed by atoms with E-state index in [4.69, 9.17) is 0 Å². The van der Waals surface area contributed by atoms with Gasteiger partial charge in [-0.15, -0.1) is 0 Å². The molecule has 2 N–H and O–H groups in total. The number of hydrogen-bond acceptors (Lipinski definition) is 3. The maximum atomic E-state index is 11.3. The lowest BCUT2D eigenvalue weighted by Gasteiger charge is -2.28. The van der Waals surface area contributed by atoms with E-state index in [0.29, 0.717) is 6.04 Å². The molecule has 1 rings (SSSR count). The summed E-state index contributed by atoms with van der Waals surface area (Å²) in [6, 6.07) is 0.441. The lowest BCUT2D eigenvalue weighted by Crippen LogP contribution is -2.57. The van der Waals surface area contributed by atoms with Crippen molar-refractivity contribution >= 4 is 17.7 Å². The zero-order valence-corrected chi connectivity index (χ0v) is 8.41. The number of rotatable bonds is 3. The number of hydrogen-bond donors (Lipinski definition) is 2. The number of nitrogens with one attached hydrogen (secondary N) is 2. The second-order valence-corrected chi connectivity index (χ2v) is 4.13. The molecule has 1 fully saturated rings.